The zero-order chi connectivity index (χ0) is 42.7. The van der Waals surface area contributed by atoms with Gasteiger partial charge in [-0.2, -0.15) is 0 Å². The van der Waals surface area contributed by atoms with E-state index >= 15 is 0 Å². The Labute approximate surface area is 339 Å². The molecule has 0 atom stereocenters. The van der Waals surface area contributed by atoms with Gasteiger partial charge in [-0.1, -0.05) is 145 Å². The lowest BCUT2D eigenvalue weighted by Gasteiger charge is -2.17. The van der Waals surface area contributed by atoms with E-state index in [1.54, 1.807) is 15.9 Å². The summed E-state index contributed by atoms with van der Waals surface area (Å²) in [6.45, 7) is 0. The Morgan fingerprint density at radius 1 is 0.474 bits per heavy atom. The van der Waals surface area contributed by atoms with Crippen LogP contribution in [0.5, 0.6) is 0 Å². The molecular weight excluding hydrogens is 717 g/mol. The molecule has 0 N–H and O–H groups in total. The Kier molecular flexibility index (Phi) is 5.82. The predicted molar refractivity (Wildman–Crippen MR) is 236 cm³/mol. The molecule has 0 unspecified atom stereocenters. The summed E-state index contributed by atoms with van der Waals surface area (Å²) in [4.78, 5) is 15.4. The molecule has 57 heavy (non-hydrogen) atoms. The van der Waals surface area contributed by atoms with Crippen molar-refractivity contribution in [3.05, 3.63) is 182 Å². The summed E-state index contributed by atoms with van der Waals surface area (Å²) in [5.41, 5.74) is 6.40. The van der Waals surface area contributed by atoms with Crippen LogP contribution in [0.15, 0.2) is 186 Å². The van der Waals surface area contributed by atoms with Gasteiger partial charge in [-0.25, -0.2) is 15.0 Å². The van der Waals surface area contributed by atoms with Gasteiger partial charge in [-0.15, -0.1) is 11.3 Å². The summed E-state index contributed by atoms with van der Waals surface area (Å²) in [7, 11) is 0. The maximum Gasteiger partial charge on any atom is 0.164 e. The molecule has 12 rings (SSSR count). The number of thiophene rings is 1. The molecule has 0 aliphatic carbocycles. The smallest absolute Gasteiger partial charge is 0.164 e. The van der Waals surface area contributed by atoms with Crippen molar-refractivity contribution in [3.63, 3.8) is 0 Å². The van der Waals surface area contributed by atoms with E-state index in [0.29, 0.717) is 34.3 Å². The number of para-hydroxylation sites is 3. The van der Waals surface area contributed by atoms with Gasteiger partial charge in [0.25, 0.3) is 0 Å². The van der Waals surface area contributed by atoms with Crippen molar-refractivity contribution < 1.29 is 12.6 Å². The molecule has 6 heteroatoms. The fourth-order valence-corrected chi connectivity index (χ4v) is 9.33. The molecule has 0 amide bonds. The molecule has 0 saturated heterocycles. The highest BCUT2D eigenvalue weighted by Gasteiger charge is 2.22. The van der Waals surface area contributed by atoms with Crippen molar-refractivity contribution >= 4 is 75.3 Å². The van der Waals surface area contributed by atoms with E-state index < -0.39 is 0 Å². The van der Waals surface area contributed by atoms with Crippen LogP contribution in [0.2, 0.25) is 0 Å². The predicted octanol–water partition coefficient (Wildman–Crippen LogP) is 13.9. The van der Waals surface area contributed by atoms with E-state index in [-0.39, 0.29) is 58.1 Å². The van der Waals surface area contributed by atoms with Gasteiger partial charge in [-0.3, -0.25) is 0 Å². The Morgan fingerprint density at radius 3 is 1.95 bits per heavy atom. The Balaban J connectivity index is 1.20. The van der Waals surface area contributed by atoms with Crippen molar-refractivity contribution in [1.82, 2.24) is 19.5 Å². The van der Waals surface area contributed by atoms with Gasteiger partial charge in [0.1, 0.15) is 11.2 Å². The van der Waals surface area contributed by atoms with E-state index in [1.165, 1.54) is 12.1 Å². The molecule has 0 bridgehead atoms. The molecule has 4 heterocycles. The molecule has 0 aliphatic heterocycles. The third-order valence-corrected chi connectivity index (χ3v) is 11.8. The number of aromatic nitrogens is 4. The summed E-state index contributed by atoms with van der Waals surface area (Å²) in [5.74, 6) is 1.28. The molecule has 5 nitrogen and oxygen atoms in total. The number of hydrogen-bond donors (Lipinski definition) is 0. The Bertz CT molecular complexity index is 3830. The molecule has 12 aromatic rings. The van der Waals surface area contributed by atoms with Crippen LogP contribution in [-0.2, 0) is 0 Å². The van der Waals surface area contributed by atoms with E-state index in [1.807, 2.05) is 109 Å². The number of hydrogen-bond acceptors (Lipinski definition) is 5. The van der Waals surface area contributed by atoms with E-state index in [4.69, 9.17) is 24.9 Å². The van der Waals surface area contributed by atoms with Crippen molar-refractivity contribution in [1.29, 1.82) is 0 Å². The second-order valence-corrected chi connectivity index (χ2v) is 14.9. The SMILES string of the molecule is [2H]c1cc([2H])c2c(c1[2H])c1c([2H])c([2H])cc([2H])c1n2-c1cc(-c2nc(-c3ccccc3)nc(-c3cccc4oc5ccccc5c34)n2)ccc1-c1cccc2c1sc1ccccc12. The van der Waals surface area contributed by atoms with Gasteiger partial charge in [0.05, 0.1) is 24.9 Å². The Hall–Kier alpha value is -7.41. The minimum atomic E-state index is -0.178. The summed E-state index contributed by atoms with van der Waals surface area (Å²) < 4.78 is 64.4. The van der Waals surface area contributed by atoms with Crippen LogP contribution in [0.4, 0.5) is 0 Å². The number of nitrogens with zero attached hydrogens (tertiary/aromatic N) is 4. The van der Waals surface area contributed by atoms with E-state index in [2.05, 4.69) is 24.3 Å². The highest BCUT2D eigenvalue weighted by Crippen LogP contribution is 2.44. The highest BCUT2D eigenvalue weighted by molar-refractivity contribution is 7.26. The molecular formula is C51H30N4OS. The van der Waals surface area contributed by atoms with Crippen molar-refractivity contribution in [2.24, 2.45) is 0 Å². The van der Waals surface area contributed by atoms with Crippen molar-refractivity contribution in [2.75, 3.05) is 0 Å². The summed E-state index contributed by atoms with van der Waals surface area (Å²) in [5, 5.41) is 4.40. The first-order valence-electron chi connectivity index (χ1n) is 21.5. The van der Waals surface area contributed by atoms with Gasteiger partial charge in [-0.05, 0) is 36.4 Å². The van der Waals surface area contributed by atoms with Gasteiger partial charge in [0.2, 0.25) is 0 Å². The van der Waals surface area contributed by atoms with Crippen molar-refractivity contribution in [2.45, 2.75) is 0 Å². The third-order valence-electron chi connectivity index (χ3n) is 10.6. The van der Waals surface area contributed by atoms with Gasteiger partial charge < -0.3 is 8.98 Å². The minimum Gasteiger partial charge on any atom is -0.456 e. The quantitative estimate of drug-likeness (QED) is 0.176. The fraction of sp³-hybridized carbons (Fsp3) is 0. The van der Waals surface area contributed by atoms with E-state index in [9.17, 15) is 2.74 Å². The van der Waals surface area contributed by atoms with Crippen LogP contribution in [-0.4, -0.2) is 19.5 Å². The zero-order valence-electron chi connectivity index (χ0n) is 36.0. The van der Waals surface area contributed by atoms with Crippen molar-refractivity contribution in [3.8, 4) is 51.0 Å². The first kappa shape index (κ1) is 26.4. The van der Waals surface area contributed by atoms with Crippen LogP contribution in [0.1, 0.15) is 8.22 Å². The lowest BCUT2D eigenvalue weighted by atomic mass is 9.98. The molecule has 0 spiro atoms. The second kappa shape index (κ2) is 12.6. The largest absolute Gasteiger partial charge is 0.456 e. The standard InChI is InChI=1S/C51H30N4OS/c1-2-14-31(15-3-1)49-52-50(54-51(53-49)40-22-13-26-45-47(40)39-19-6-10-25-44(39)56-45)32-28-29-35(37-20-12-21-38-36-18-7-11-27-46(36)57-48(37)38)43(30-32)55-41-23-8-4-16-33(41)34-17-5-9-24-42(34)55/h1-30H/i4D,5D,16D,17D,23D,24D. The van der Waals surface area contributed by atoms with Crippen LogP contribution in [0, 0.1) is 0 Å². The first-order chi connectivity index (χ1) is 30.7. The van der Waals surface area contributed by atoms with Crippen LogP contribution >= 0.6 is 11.3 Å². The second-order valence-electron chi connectivity index (χ2n) is 13.9. The fourth-order valence-electron chi connectivity index (χ4n) is 8.10. The number of benzene rings is 8. The van der Waals surface area contributed by atoms with Crippen LogP contribution in [0.3, 0.4) is 0 Å². The zero-order valence-corrected chi connectivity index (χ0v) is 30.8. The number of fused-ring (bicyclic) bond motifs is 9. The number of furan rings is 1. The average Bonchev–Trinajstić information content (AvgIpc) is 4.01. The molecule has 4 aromatic heterocycles. The normalized spacial score (nSPS) is 13.3. The average molecular weight is 753 g/mol. The lowest BCUT2D eigenvalue weighted by Crippen LogP contribution is -2.02. The van der Waals surface area contributed by atoms with Crippen LogP contribution < -0.4 is 0 Å². The molecule has 8 aromatic carbocycles. The van der Waals surface area contributed by atoms with E-state index in [0.717, 1.165) is 58.8 Å². The topological polar surface area (TPSA) is 56.7 Å². The maximum atomic E-state index is 9.34. The molecule has 0 radical (unpaired) electrons. The minimum absolute atomic E-state index is 0.0433. The molecule has 0 fully saturated rings. The van der Waals surface area contributed by atoms with Gasteiger partial charge >= 0.3 is 0 Å². The molecule has 0 aliphatic rings. The molecule has 0 saturated carbocycles. The third kappa shape index (κ3) is 4.98. The van der Waals surface area contributed by atoms with Crippen LogP contribution in [0.25, 0.3) is 115 Å². The maximum absolute atomic E-state index is 9.34. The summed E-state index contributed by atoms with van der Waals surface area (Å²) >= 11 is 1.68. The first-order valence-corrected chi connectivity index (χ1v) is 19.3. The Morgan fingerprint density at radius 2 is 1.12 bits per heavy atom. The van der Waals surface area contributed by atoms with Gasteiger partial charge in [0, 0.05) is 69.5 Å². The van der Waals surface area contributed by atoms with Gasteiger partial charge in [0.15, 0.2) is 17.5 Å². The summed E-state index contributed by atoms with van der Waals surface area (Å²) in [6.07, 6.45) is 0. The summed E-state index contributed by atoms with van der Waals surface area (Å²) in [6, 6.07) is 45.7. The number of rotatable bonds is 5. The monoisotopic (exact) mass is 752 g/mol. The lowest BCUT2D eigenvalue weighted by molar-refractivity contribution is 0.669. The molecule has 266 valence electrons. The highest BCUT2D eigenvalue weighted by atomic mass is 32.1.